The predicted molar refractivity (Wildman–Crippen MR) is 146 cm³/mol. The maximum atomic E-state index is 13.3. The number of carbonyl (C=O) groups is 1. The number of carbonyl (C=O) groups excluding carboxylic acids is 1. The van der Waals surface area contributed by atoms with Crippen LogP contribution >= 0.6 is 7.37 Å². The number of fused-ring (bicyclic) bond motifs is 2. The zero-order valence-corrected chi connectivity index (χ0v) is 23.0. The monoisotopic (exact) mass is 585 g/mol. The summed E-state index contributed by atoms with van der Waals surface area (Å²) in [4.78, 5) is 18.8. The Hall–Kier alpha value is -3.99. The zero-order valence-electron chi connectivity index (χ0n) is 21.3. The van der Waals surface area contributed by atoms with E-state index in [1.54, 1.807) is 36.4 Å². The van der Waals surface area contributed by atoms with Crippen LogP contribution in [0.1, 0.15) is 21.5 Å². The van der Waals surface area contributed by atoms with Crippen molar-refractivity contribution in [2.24, 2.45) is 0 Å². The van der Waals surface area contributed by atoms with Gasteiger partial charge in [-0.15, -0.1) is 0 Å². The van der Waals surface area contributed by atoms with Gasteiger partial charge in [-0.25, -0.2) is 4.39 Å². The molecule has 10 nitrogen and oxygen atoms in total. The molecule has 208 valence electrons. The van der Waals surface area contributed by atoms with Crippen LogP contribution in [0.5, 0.6) is 17.2 Å². The molecule has 3 aromatic carbocycles. The van der Waals surface area contributed by atoms with Gasteiger partial charge in [-0.05, 0) is 42.0 Å². The van der Waals surface area contributed by atoms with Crippen molar-refractivity contribution in [1.29, 1.82) is 0 Å². The first-order valence-corrected chi connectivity index (χ1v) is 15.9. The zero-order chi connectivity index (χ0) is 28.5. The summed E-state index contributed by atoms with van der Waals surface area (Å²) < 4.78 is 65.4. The normalized spacial score (nSPS) is 14.7. The van der Waals surface area contributed by atoms with Crippen LogP contribution in [-0.2, 0) is 28.0 Å². The second kappa shape index (κ2) is 10.9. The quantitative estimate of drug-likeness (QED) is 0.261. The van der Waals surface area contributed by atoms with E-state index in [9.17, 15) is 27.3 Å². The number of hydrogen-bond donors (Lipinski definition) is 2. The Morgan fingerprint density at radius 3 is 2.55 bits per heavy atom. The van der Waals surface area contributed by atoms with E-state index in [4.69, 9.17) is 8.71 Å². The summed E-state index contributed by atoms with van der Waals surface area (Å²) in [5.41, 5.74) is 0.692. The number of benzene rings is 3. The molecule has 13 heteroatoms. The average molecular weight is 586 g/mol. The van der Waals surface area contributed by atoms with Crippen LogP contribution in [0, 0.1) is 5.82 Å². The summed E-state index contributed by atoms with van der Waals surface area (Å²) in [6.07, 6.45) is 1.29. The standard InChI is InChI=1S/C27H25FN3O7PS/c1-39(34,37-20-6-3-2-4-7-20)15-14-30-40(35,36)38-26-21-8-5-13-29-24(21)25(32)23-22(26)17-31(27(23)33)16-18-9-11-19(28)12-10-18/h2-13,30,32H,14-17H2,1H3. The van der Waals surface area contributed by atoms with Gasteiger partial charge in [0, 0.05) is 43.1 Å². The highest BCUT2D eigenvalue weighted by Gasteiger charge is 2.37. The summed E-state index contributed by atoms with van der Waals surface area (Å²) in [6, 6.07) is 17.2. The molecule has 0 saturated carbocycles. The highest BCUT2D eigenvalue weighted by Crippen LogP contribution is 2.45. The first-order valence-electron chi connectivity index (χ1n) is 12.2. The Labute approximate surface area is 230 Å². The van der Waals surface area contributed by atoms with Crippen molar-refractivity contribution in [3.63, 3.8) is 0 Å². The van der Waals surface area contributed by atoms with Gasteiger partial charge in [0.05, 0.1) is 12.1 Å². The summed E-state index contributed by atoms with van der Waals surface area (Å²) >= 11 is 0. The number of aromatic hydroxyl groups is 1. The van der Waals surface area contributed by atoms with Crippen LogP contribution < -0.4 is 13.4 Å². The van der Waals surface area contributed by atoms with Crippen LogP contribution in [0.25, 0.3) is 10.9 Å². The van der Waals surface area contributed by atoms with Crippen molar-refractivity contribution in [1.82, 2.24) is 14.6 Å². The number of phenols is 1. The van der Waals surface area contributed by atoms with Crippen molar-refractivity contribution >= 4 is 34.5 Å². The fraction of sp³-hybridized carbons (Fsp3) is 0.185. The Kier molecular flexibility index (Phi) is 7.50. The molecule has 1 unspecified atom stereocenters. The van der Waals surface area contributed by atoms with E-state index < -0.39 is 29.4 Å². The molecule has 2 N–H and O–H groups in total. The third kappa shape index (κ3) is 5.94. The third-order valence-corrected chi connectivity index (χ3v) is 8.83. The number of pyridine rings is 1. The summed E-state index contributed by atoms with van der Waals surface area (Å²) in [5.74, 6) is -1.11. The van der Waals surface area contributed by atoms with Crippen molar-refractivity contribution in [2.45, 2.75) is 13.1 Å². The van der Waals surface area contributed by atoms with Crippen LogP contribution in [-0.4, -0.2) is 48.7 Å². The maximum Gasteiger partial charge on any atom is 0.382 e. The molecular formula is C27H25FN3O7PS. The first-order chi connectivity index (χ1) is 19.0. The number of rotatable bonds is 10. The van der Waals surface area contributed by atoms with Gasteiger partial charge in [-0.1, -0.05) is 30.3 Å². The Morgan fingerprint density at radius 2 is 1.82 bits per heavy atom. The molecule has 1 amide bonds. The molecular weight excluding hydrogens is 560 g/mol. The number of halogens is 1. The molecule has 0 bridgehead atoms. The smallest absolute Gasteiger partial charge is 0.382 e. The van der Waals surface area contributed by atoms with Crippen molar-refractivity contribution in [2.75, 3.05) is 19.4 Å². The molecule has 0 radical (unpaired) electrons. The van der Waals surface area contributed by atoms with E-state index >= 15 is 0 Å². The lowest BCUT2D eigenvalue weighted by Gasteiger charge is -2.17. The number of hydrogen-bond acceptors (Lipinski definition) is 8. The highest BCUT2D eigenvalue weighted by atomic mass is 32.2. The fourth-order valence-electron chi connectivity index (χ4n) is 4.41. The second-order valence-corrected chi connectivity index (χ2v) is 13.3. The van der Waals surface area contributed by atoms with E-state index in [0.29, 0.717) is 11.3 Å². The van der Waals surface area contributed by atoms with Crippen molar-refractivity contribution < 1.29 is 36.0 Å². The van der Waals surface area contributed by atoms with Gasteiger partial charge in [0.25, 0.3) is 5.91 Å². The second-order valence-electron chi connectivity index (χ2n) is 9.29. The van der Waals surface area contributed by atoms with Gasteiger partial charge >= 0.3 is 10.3 Å². The van der Waals surface area contributed by atoms with Crippen LogP contribution in [0.3, 0.4) is 0 Å². The number of amides is 1. The van der Waals surface area contributed by atoms with Gasteiger partial charge in [0.15, 0.2) is 11.5 Å². The predicted octanol–water partition coefficient (Wildman–Crippen LogP) is 4.44. The molecule has 2 heterocycles. The molecule has 4 aromatic rings. The number of para-hydroxylation sites is 1. The van der Waals surface area contributed by atoms with Gasteiger partial charge in [-0.3, -0.25) is 14.3 Å². The summed E-state index contributed by atoms with van der Waals surface area (Å²) in [5, 5.41) is 11.1. The molecule has 40 heavy (non-hydrogen) atoms. The number of phenolic OH excluding ortho intramolecular Hbond substituents is 1. The van der Waals surface area contributed by atoms with E-state index in [1.807, 2.05) is 0 Å². The topological polar surface area (TPSA) is 135 Å². The Bertz CT molecular complexity index is 1740. The van der Waals surface area contributed by atoms with Crippen molar-refractivity contribution in [3.05, 3.63) is 95.4 Å². The summed E-state index contributed by atoms with van der Waals surface area (Å²) in [6.45, 7) is 1.19. The lowest BCUT2D eigenvalue weighted by atomic mass is 10.0. The van der Waals surface area contributed by atoms with Gasteiger partial charge < -0.3 is 18.7 Å². The van der Waals surface area contributed by atoms with E-state index in [2.05, 4.69) is 9.71 Å². The molecule has 0 spiro atoms. The summed E-state index contributed by atoms with van der Waals surface area (Å²) in [7, 11) is -7.66. The minimum absolute atomic E-state index is 0.00208. The Balaban J connectivity index is 1.38. The van der Waals surface area contributed by atoms with Crippen LogP contribution in [0.4, 0.5) is 4.39 Å². The molecule has 1 atom stereocenters. The van der Waals surface area contributed by atoms with Gasteiger partial charge in [0.2, 0.25) is 7.37 Å². The maximum absolute atomic E-state index is 13.3. The van der Waals surface area contributed by atoms with E-state index in [0.717, 1.165) is 0 Å². The Morgan fingerprint density at radius 1 is 1.10 bits per heavy atom. The molecule has 5 rings (SSSR count). The van der Waals surface area contributed by atoms with Crippen LogP contribution in [0.2, 0.25) is 0 Å². The fourth-order valence-corrected chi connectivity index (χ4v) is 6.56. The molecule has 0 saturated heterocycles. The number of nitrogens with one attached hydrogen (secondary N) is 1. The largest absolute Gasteiger partial charge is 0.505 e. The average Bonchev–Trinajstić information content (AvgIpc) is 3.23. The molecule has 1 aromatic heterocycles. The van der Waals surface area contributed by atoms with E-state index in [1.165, 1.54) is 48.1 Å². The van der Waals surface area contributed by atoms with Crippen molar-refractivity contribution in [3.8, 4) is 17.2 Å². The lowest BCUT2D eigenvalue weighted by Crippen LogP contribution is -2.31. The first kappa shape index (κ1) is 27.6. The minimum Gasteiger partial charge on any atom is -0.505 e. The molecule has 1 aliphatic heterocycles. The molecule has 0 fully saturated rings. The van der Waals surface area contributed by atoms with Gasteiger partial charge in [-0.2, -0.15) is 13.1 Å². The SMILES string of the molecule is CP(=O)(CCNS(=O)(=O)Oc1c2c(c(O)c3ncccc13)C(=O)N(Cc1ccc(F)cc1)C2)Oc1ccccc1. The third-order valence-electron chi connectivity index (χ3n) is 6.26. The van der Waals surface area contributed by atoms with Gasteiger partial charge in [0.1, 0.15) is 17.1 Å². The number of nitrogens with zero attached hydrogens (tertiary/aromatic N) is 2. The highest BCUT2D eigenvalue weighted by molar-refractivity contribution is 7.85. The molecule has 1 aliphatic rings. The molecule has 0 aliphatic carbocycles. The minimum atomic E-state index is -4.46. The lowest BCUT2D eigenvalue weighted by molar-refractivity contribution is 0.0764. The van der Waals surface area contributed by atoms with Crippen LogP contribution in [0.15, 0.2) is 72.9 Å². The number of aromatic nitrogens is 1. The van der Waals surface area contributed by atoms with E-state index in [-0.39, 0.29) is 59.3 Å².